The number of nitrogens with one attached hydrogen (secondary N) is 2. The minimum absolute atomic E-state index is 0.0823. The Morgan fingerprint density at radius 3 is 2.76 bits per heavy atom. The highest BCUT2D eigenvalue weighted by atomic mass is 35.5. The smallest absolute Gasteiger partial charge is 0.251 e. The van der Waals surface area contributed by atoms with Gasteiger partial charge < -0.3 is 16.4 Å². The van der Waals surface area contributed by atoms with Crippen LogP contribution in [0.25, 0.3) is 0 Å². The molecular weight excluding hydrogens is 290 g/mol. The summed E-state index contributed by atoms with van der Waals surface area (Å²) in [5.74, 6) is -0.392. The van der Waals surface area contributed by atoms with E-state index in [2.05, 4.69) is 10.6 Å². The van der Waals surface area contributed by atoms with Gasteiger partial charge in [-0.25, -0.2) is 0 Å². The molecule has 1 aliphatic rings. The van der Waals surface area contributed by atoms with Crippen molar-refractivity contribution in [3.8, 4) is 0 Å². The van der Waals surface area contributed by atoms with Crippen molar-refractivity contribution in [2.45, 2.75) is 31.7 Å². The van der Waals surface area contributed by atoms with Crippen molar-refractivity contribution >= 4 is 29.1 Å². The molecule has 6 heteroatoms. The highest BCUT2D eigenvalue weighted by Gasteiger charge is 2.25. The SMILES string of the molecule is CNC(=O)c1ccc(Cl)c(NC(=O)C2CCCC(N)C2)c1. The van der Waals surface area contributed by atoms with E-state index in [9.17, 15) is 9.59 Å². The molecule has 0 bridgehead atoms. The maximum atomic E-state index is 12.3. The zero-order valence-corrected chi connectivity index (χ0v) is 12.7. The van der Waals surface area contributed by atoms with Gasteiger partial charge in [-0.15, -0.1) is 0 Å². The number of hydrogen-bond acceptors (Lipinski definition) is 3. The maximum absolute atomic E-state index is 12.3. The van der Waals surface area contributed by atoms with E-state index in [1.807, 2.05) is 0 Å². The molecular formula is C15H20ClN3O2. The quantitative estimate of drug-likeness (QED) is 0.800. The Labute approximate surface area is 129 Å². The first kappa shape index (κ1) is 15.8. The van der Waals surface area contributed by atoms with E-state index in [4.69, 9.17) is 17.3 Å². The Morgan fingerprint density at radius 2 is 2.10 bits per heavy atom. The number of amides is 2. The summed E-state index contributed by atoms with van der Waals surface area (Å²) < 4.78 is 0. The second-order valence-electron chi connectivity index (χ2n) is 5.39. The molecule has 1 aromatic carbocycles. The minimum atomic E-state index is -0.221. The molecule has 0 aromatic heterocycles. The normalized spacial score (nSPS) is 21.7. The number of anilines is 1. The number of carbonyl (C=O) groups excluding carboxylic acids is 2. The Morgan fingerprint density at radius 1 is 1.33 bits per heavy atom. The van der Waals surface area contributed by atoms with Crippen LogP contribution in [-0.4, -0.2) is 24.9 Å². The topological polar surface area (TPSA) is 84.2 Å². The summed E-state index contributed by atoms with van der Waals surface area (Å²) in [6.45, 7) is 0. The molecule has 0 aliphatic heterocycles. The van der Waals surface area contributed by atoms with E-state index >= 15 is 0 Å². The highest BCUT2D eigenvalue weighted by molar-refractivity contribution is 6.33. The third-order valence-electron chi connectivity index (χ3n) is 3.80. The zero-order valence-electron chi connectivity index (χ0n) is 12.0. The van der Waals surface area contributed by atoms with E-state index < -0.39 is 0 Å². The van der Waals surface area contributed by atoms with E-state index in [-0.39, 0.29) is 23.8 Å². The predicted molar refractivity (Wildman–Crippen MR) is 83.4 cm³/mol. The molecule has 1 aromatic rings. The van der Waals surface area contributed by atoms with Crippen LogP contribution in [0.3, 0.4) is 0 Å². The van der Waals surface area contributed by atoms with Crippen molar-refractivity contribution in [1.29, 1.82) is 0 Å². The molecule has 1 aliphatic carbocycles. The lowest BCUT2D eigenvalue weighted by atomic mass is 9.85. The van der Waals surface area contributed by atoms with Gasteiger partial charge in [0.2, 0.25) is 5.91 Å². The van der Waals surface area contributed by atoms with Crippen LogP contribution in [0.1, 0.15) is 36.0 Å². The summed E-state index contributed by atoms with van der Waals surface area (Å²) in [7, 11) is 1.55. The molecule has 2 unspecified atom stereocenters. The summed E-state index contributed by atoms with van der Waals surface area (Å²) in [5.41, 5.74) is 6.83. The number of carbonyl (C=O) groups is 2. The summed E-state index contributed by atoms with van der Waals surface area (Å²) in [4.78, 5) is 23.9. The minimum Gasteiger partial charge on any atom is -0.355 e. The molecule has 0 heterocycles. The Hall–Kier alpha value is -1.59. The fourth-order valence-corrected chi connectivity index (χ4v) is 2.77. The number of hydrogen-bond donors (Lipinski definition) is 3. The second-order valence-corrected chi connectivity index (χ2v) is 5.79. The lowest BCUT2D eigenvalue weighted by Crippen LogP contribution is -2.34. The third kappa shape index (κ3) is 3.95. The predicted octanol–water partition coefficient (Wildman–Crippen LogP) is 2.16. The van der Waals surface area contributed by atoms with Gasteiger partial charge >= 0.3 is 0 Å². The lowest BCUT2D eigenvalue weighted by Gasteiger charge is -2.25. The van der Waals surface area contributed by atoms with E-state index in [1.54, 1.807) is 25.2 Å². The van der Waals surface area contributed by atoms with Gasteiger partial charge in [-0.3, -0.25) is 9.59 Å². The van der Waals surface area contributed by atoms with Crippen LogP contribution in [-0.2, 0) is 4.79 Å². The van der Waals surface area contributed by atoms with Gasteiger partial charge in [-0.1, -0.05) is 18.0 Å². The lowest BCUT2D eigenvalue weighted by molar-refractivity contribution is -0.120. The largest absolute Gasteiger partial charge is 0.355 e. The summed E-state index contributed by atoms with van der Waals surface area (Å²) in [5, 5.41) is 5.77. The summed E-state index contributed by atoms with van der Waals surface area (Å²) >= 11 is 6.08. The van der Waals surface area contributed by atoms with Gasteiger partial charge in [-0.05, 0) is 37.5 Å². The molecule has 0 spiro atoms. The van der Waals surface area contributed by atoms with Crippen molar-refractivity contribution < 1.29 is 9.59 Å². The van der Waals surface area contributed by atoms with Gasteiger partial charge in [0, 0.05) is 24.6 Å². The molecule has 21 heavy (non-hydrogen) atoms. The highest BCUT2D eigenvalue weighted by Crippen LogP contribution is 2.27. The first-order chi connectivity index (χ1) is 10.0. The summed E-state index contributed by atoms with van der Waals surface area (Å²) in [6.07, 6.45) is 3.47. The van der Waals surface area contributed by atoms with E-state index in [1.165, 1.54) is 0 Å². The van der Waals surface area contributed by atoms with Crippen molar-refractivity contribution in [2.75, 3.05) is 12.4 Å². The van der Waals surface area contributed by atoms with E-state index in [0.717, 1.165) is 19.3 Å². The Balaban J connectivity index is 2.11. The van der Waals surface area contributed by atoms with Crippen molar-refractivity contribution in [1.82, 2.24) is 5.32 Å². The van der Waals surface area contributed by atoms with Crippen LogP contribution >= 0.6 is 11.6 Å². The molecule has 1 fully saturated rings. The first-order valence-electron chi connectivity index (χ1n) is 7.09. The monoisotopic (exact) mass is 309 g/mol. The van der Waals surface area contributed by atoms with Crippen LogP contribution in [0.5, 0.6) is 0 Å². The van der Waals surface area contributed by atoms with Crippen LogP contribution < -0.4 is 16.4 Å². The van der Waals surface area contributed by atoms with Crippen molar-refractivity contribution in [3.63, 3.8) is 0 Å². The Kier molecular flexibility index (Phi) is 5.20. The molecule has 5 nitrogen and oxygen atoms in total. The summed E-state index contributed by atoms with van der Waals surface area (Å²) in [6, 6.07) is 4.89. The van der Waals surface area contributed by atoms with Crippen LogP contribution in [0.4, 0.5) is 5.69 Å². The standard InChI is InChI=1S/C15H20ClN3O2/c1-18-14(20)10-5-6-12(16)13(8-10)19-15(21)9-3-2-4-11(17)7-9/h5-6,8-9,11H,2-4,7,17H2,1H3,(H,18,20)(H,19,21). The maximum Gasteiger partial charge on any atom is 0.251 e. The van der Waals surface area contributed by atoms with Gasteiger partial charge in [0.05, 0.1) is 10.7 Å². The molecule has 0 radical (unpaired) electrons. The third-order valence-corrected chi connectivity index (χ3v) is 4.13. The average Bonchev–Trinajstić information content (AvgIpc) is 2.48. The fourth-order valence-electron chi connectivity index (χ4n) is 2.61. The molecule has 2 rings (SSSR count). The molecule has 2 amide bonds. The number of nitrogens with two attached hydrogens (primary N) is 1. The van der Waals surface area contributed by atoms with Crippen molar-refractivity contribution in [3.05, 3.63) is 28.8 Å². The van der Waals surface area contributed by atoms with Crippen molar-refractivity contribution in [2.24, 2.45) is 11.7 Å². The molecule has 4 N–H and O–H groups in total. The fraction of sp³-hybridized carbons (Fsp3) is 0.467. The van der Waals surface area contributed by atoms with Crippen LogP contribution in [0, 0.1) is 5.92 Å². The number of rotatable bonds is 3. The van der Waals surface area contributed by atoms with Gasteiger partial charge in [0.1, 0.15) is 0 Å². The van der Waals surface area contributed by atoms with Crippen LogP contribution in [0.15, 0.2) is 18.2 Å². The van der Waals surface area contributed by atoms with Gasteiger partial charge in [-0.2, -0.15) is 0 Å². The molecule has 2 atom stereocenters. The molecule has 1 saturated carbocycles. The Bertz CT molecular complexity index is 548. The van der Waals surface area contributed by atoms with E-state index in [0.29, 0.717) is 22.7 Å². The first-order valence-corrected chi connectivity index (χ1v) is 7.47. The van der Waals surface area contributed by atoms with Crippen LogP contribution in [0.2, 0.25) is 5.02 Å². The molecule has 0 saturated heterocycles. The molecule has 114 valence electrons. The number of halogens is 1. The zero-order chi connectivity index (χ0) is 15.4. The van der Waals surface area contributed by atoms with Gasteiger partial charge in [0.25, 0.3) is 5.91 Å². The van der Waals surface area contributed by atoms with Gasteiger partial charge in [0.15, 0.2) is 0 Å². The number of benzene rings is 1. The second kappa shape index (κ2) is 6.91. The average molecular weight is 310 g/mol.